The molecule has 0 amide bonds. The highest BCUT2D eigenvalue weighted by Gasteiger charge is 2.37. The monoisotopic (exact) mass is 624 g/mol. The summed E-state index contributed by atoms with van der Waals surface area (Å²) in [5, 5.41) is 2.76. The van der Waals surface area contributed by atoms with Gasteiger partial charge in [-0.15, -0.1) is 11.3 Å². The number of thiophene rings is 1. The Morgan fingerprint density at radius 2 is 1.90 bits per heavy atom. The van der Waals surface area contributed by atoms with E-state index in [1.807, 2.05) is 64.7 Å². The largest absolute Gasteiger partial charge is 0.369 e. The van der Waals surface area contributed by atoms with Gasteiger partial charge >= 0.3 is 0 Å². The number of benzene rings is 2. The number of aromatic nitrogens is 2. The van der Waals surface area contributed by atoms with Crippen LogP contribution in [0.1, 0.15) is 41.4 Å². The van der Waals surface area contributed by atoms with E-state index < -0.39 is 11.4 Å². The van der Waals surface area contributed by atoms with E-state index >= 15 is 0 Å². The molecule has 2 aromatic carbocycles. The van der Waals surface area contributed by atoms with Crippen molar-refractivity contribution >= 4 is 57.7 Å². The van der Waals surface area contributed by atoms with Crippen LogP contribution in [0.25, 0.3) is 0 Å². The molecule has 10 heteroatoms. The van der Waals surface area contributed by atoms with Crippen LogP contribution in [0.5, 0.6) is 0 Å². The van der Waals surface area contributed by atoms with Crippen molar-refractivity contribution in [2.24, 2.45) is 0 Å². The molecule has 1 fully saturated rings. The predicted molar refractivity (Wildman–Crippen MR) is 158 cm³/mol. The second kappa shape index (κ2) is 13.4. The molecule has 1 saturated heterocycles. The van der Waals surface area contributed by atoms with E-state index in [9.17, 15) is 0 Å². The SMILES string of the molecule is Clc1ccc(CC(Cl)(OC2CCCC(COC(Cn3ccnc3)c3ccc(Cl)cc3Cl)O2)c2cccs2)cc1. The number of ether oxygens (including phenoxy) is 3. The third-order valence-electron chi connectivity index (χ3n) is 6.59. The zero-order chi connectivity index (χ0) is 27.2. The number of hydrogen-bond acceptors (Lipinski definition) is 5. The summed E-state index contributed by atoms with van der Waals surface area (Å²) >= 11 is 27.5. The maximum absolute atomic E-state index is 7.19. The second-order valence-electron chi connectivity index (χ2n) is 9.49. The zero-order valence-electron chi connectivity index (χ0n) is 21.0. The summed E-state index contributed by atoms with van der Waals surface area (Å²) in [7, 11) is 0. The average molecular weight is 626 g/mol. The molecule has 0 radical (unpaired) electrons. The summed E-state index contributed by atoms with van der Waals surface area (Å²) in [5.41, 5.74) is 1.89. The van der Waals surface area contributed by atoms with Crippen LogP contribution in [0.2, 0.25) is 15.1 Å². The Hall–Kier alpha value is -1.61. The Morgan fingerprint density at radius 1 is 1.08 bits per heavy atom. The van der Waals surface area contributed by atoms with Gasteiger partial charge in [-0.1, -0.05) is 70.7 Å². The van der Waals surface area contributed by atoms with Crippen LogP contribution in [0.3, 0.4) is 0 Å². The number of imidazole rings is 1. The van der Waals surface area contributed by atoms with Crippen molar-refractivity contribution in [2.45, 2.75) is 55.8 Å². The van der Waals surface area contributed by atoms with Gasteiger partial charge in [-0.25, -0.2) is 4.98 Å². The first-order valence-electron chi connectivity index (χ1n) is 12.7. The quantitative estimate of drug-likeness (QED) is 0.156. The normalized spacial score (nSPS) is 20.0. The van der Waals surface area contributed by atoms with E-state index in [1.54, 1.807) is 29.9 Å². The van der Waals surface area contributed by atoms with Crippen LogP contribution in [-0.4, -0.2) is 28.6 Å². The maximum Gasteiger partial charge on any atom is 0.183 e. The molecule has 1 aliphatic heterocycles. The molecule has 0 bridgehead atoms. The minimum Gasteiger partial charge on any atom is -0.369 e. The molecular weight excluding hydrogens is 598 g/mol. The van der Waals surface area contributed by atoms with Gasteiger partial charge in [0.2, 0.25) is 0 Å². The highest BCUT2D eigenvalue weighted by molar-refractivity contribution is 7.10. The molecule has 0 N–H and O–H groups in total. The lowest BCUT2D eigenvalue weighted by Gasteiger charge is -2.36. The van der Waals surface area contributed by atoms with E-state index in [0.717, 1.165) is 35.3 Å². The molecule has 4 aromatic rings. The first-order valence-corrected chi connectivity index (χ1v) is 15.1. The first-order chi connectivity index (χ1) is 18.9. The van der Waals surface area contributed by atoms with Crippen molar-refractivity contribution in [3.63, 3.8) is 0 Å². The molecule has 3 heterocycles. The third-order valence-corrected chi connectivity index (χ3v) is 8.96. The lowest BCUT2D eigenvalue weighted by Crippen LogP contribution is -2.38. The Morgan fingerprint density at radius 3 is 2.62 bits per heavy atom. The summed E-state index contributed by atoms with van der Waals surface area (Å²) in [6.45, 7) is 0.932. The van der Waals surface area contributed by atoms with Crippen molar-refractivity contribution in [2.75, 3.05) is 6.61 Å². The van der Waals surface area contributed by atoms with Gasteiger partial charge in [-0.05, 0) is 60.5 Å². The summed E-state index contributed by atoms with van der Waals surface area (Å²) in [6.07, 6.45) is 7.49. The van der Waals surface area contributed by atoms with Crippen LogP contribution in [0.15, 0.2) is 78.7 Å². The van der Waals surface area contributed by atoms with E-state index in [4.69, 9.17) is 60.6 Å². The van der Waals surface area contributed by atoms with E-state index in [2.05, 4.69) is 4.98 Å². The number of halogens is 4. The van der Waals surface area contributed by atoms with Gasteiger partial charge in [0.05, 0.1) is 30.5 Å². The molecule has 4 unspecified atom stereocenters. The fourth-order valence-electron chi connectivity index (χ4n) is 4.64. The second-order valence-corrected chi connectivity index (χ2v) is 12.3. The van der Waals surface area contributed by atoms with Crippen LogP contribution in [0, 0.1) is 0 Å². The lowest BCUT2D eigenvalue weighted by molar-refractivity contribution is -0.237. The smallest absolute Gasteiger partial charge is 0.183 e. The van der Waals surface area contributed by atoms with Crippen molar-refractivity contribution in [3.05, 3.63) is 110 Å². The molecule has 0 saturated carbocycles. The van der Waals surface area contributed by atoms with Gasteiger partial charge in [0, 0.05) is 39.4 Å². The van der Waals surface area contributed by atoms with Gasteiger partial charge < -0.3 is 18.8 Å². The van der Waals surface area contributed by atoms with Crippen molar-refractivity contribution in [3.8, 4) is 0 Å². The molecular formula is C29H28Cl4N2O3S. The van der Waals surface area contributed by atoms with Crippen LogP contribution in [0.4, 0.5) is 0 Å². The van der Waals surface area contributed by atoms with E-state index in [1.165, 1.54) is 0 Å². The molecule has 39 heavy (non-hydrogen) atoms. The summed E-state index contributed by atoms with van der Waals surface area (Å²) in [4.78, 5) is 5.08. The minimum absolute atomic E-state index is 0.153. The highest BCUT2D eigenvalue weighted by atomic mass is 35.5. The number of alkyl halides is 1. The fraction of sp³-hybridized carbons (Fsp3) is 0.345. The van der Waals surface area contributed by atoms with Crippen molar-refractivity contribution < 1.29 is 14.2 Å². The zero-order valence-corrected chi connectivity index (χ0v) is 24.9. The van der Waals surface area contributed by atoms with E-state index in [-0.39, 0.29) is 12.2 Å². The maximum atomic E-state index is 7.19. The van der Waals surface area contributed by atoms with Gasteiger partial charge in [0.1, 0.15) is 6.10 Å². The fourth-order valence-corrected chi connectivity index (χ4v) is 6.50. The molecule has 1 aliphatic rings. The first kappa shape index (κ1) is 28.9. The lowest BCUT2D eigenvalue weighted by atomic mass is 10.1. The predicted octanol–water partition coefficient (Wildman–Crippen LogP) is 8.91. The minimum atomic E-state index is -1.06. The van der Waals surface area contributed by atoms with Gasteiger partial charge in [-0.3, -0.25) is 0 Å². The number of hydrogen-bond donors (Lipinski definition) is 0. The average Bonchev–Trinajstić information content (AvgIpc) is 3.64. The topological polar surface area (TPSA) is 45.5 Å². The van der Waals surface area contributed by atoms with Crippen LogP contribution >= 0.6 is 57.7 Å². The number of nitrogens with zero attached hydrogens (tertiary/aromatic N) is 2. The molecule has 0 aliphatic carbocycles. The molecule has 5 nitrogen and oxygen atoms in total. The van der Waals surface area contributed by atoms with Crippen LogP contribution in [-0.2, 0) is 32.2 Å². The van der Waals surface area contributed by atoms with Crippen molar-refractivity contribution in [1.82, 2.24) is 9.55 Å². The Kier molecular flexibility index (Phi) is 9.91. The Bertz CT molecular complexity index is 1320. The number of rotatable bonds is 11. The Balaban J connectivity index is 1.26. The summed E-state index contributed by atoms with van der Waals surface area (Å²) in [5.74, 6) is 0. The van der Waals surface area contributed by atoms with Gasteiger partial charge in [0.15, 0.2) is 11.4 Å². The molecule has 4 atom stereocenters. The highest BCUT2D eigenvalue weighted by Crippen LogP contribution is 2.40. The van der Waals surface area contributed by atoms with Gasteiger partial charge in [-0.2, -0.15) is 0 Å². The summed E-state index contributed by atoms with van der Waals surface area (Å²) in [6, 6.07) is 17.1. The van der Waals surface area contributed by atoms with Crippen LogP contribution < -0.4 is 0 Å². The molecule has 0 spiro atoms. The third kappa shape index (κ3) is 7.78. The van der Waals surface area contributed by atoms with E-state index in [0.29, 0.717) is 34.6 Å². The summed E-state index contributed by atoms with van der Waals surface area (Å²) < 4.78 is 21.3. The van der Waals surface area contributed by atoms with Gasteiger partial charge in [0.25, 0.3) is 0 Å². The van der Waals surface area contributed by atoms with Crippen molar-refractivity contribution in [1.29, 1.82) is 0 Å². The molecule has 5 rings (SSSR count). The Labute approximate surface area is 252 Å². The molecule has 206 valence electrons. The molecule has 2 aromatic heterocycles. The standard InChI is InChI=1S/C29H28Cl4N2O3S/c30-21-8-6-20(7-9-21)16-29(33,27-4-2-14-39-27)38-28-5-1-3-23(37-28)18-36-26(17-35-13-12-34-19-35)24-11-10-22(31)15-25(24)32/h2,4,6-15,19,23,26,28H,1,3,5,16-18H2.